The first-order valence-electron chi connectivity index (χ1n) is 9.20. The van der Waals surface area contributed by atoms with Crippen LogP contribution in [0.2, 0.25) is 0 Å². The highest BCUT2D eigenvalue weighted by Gasteiger charge is 2.37. The lowest BCUT2D eigenvalue weighted by molar-refractivity contribution is -0.138. The Labute approximate surface area is 156 Å². The first-order valence-corrected chi connectivity index (χ1v) is 10.1. The number of rotatable bonds is 3. The fourth-order valence-corrected chi connectivity index (χ4v) is 4.68. The van der Waals surface area contributed by atoms with E-state index in [1.165, 1.54) is 11.3 Å². The van der Waals surface area contributed by atoms with E-state index in [1.807, 2.05) is 40.3 Å². The molecule has 0 radical (unpaired) electrons. The van der Waals surface area contributed by atoms with Crippen molar-refractivity contribution in [2.45, 2.75) is 38.6 Å². The SMILES string of the molecule is Cc1cc([C@H]2CCCN2C(=O)C2CCN(C(=O)c3cccs3)CC2)on1. The van der Waals surface area contributed by atoms with Crippen LogP contribution >= 0.6 is 11.3 Å². The molecule has 0 unspecified atom stereocenters. The Kier molecular flexibility index (Phi) is 4.80. The van der Waals surface area contributed by atoms with E-state index in [-0.39, 0.29) is 23.8 Å². The molecule has 7 heteroatoms. The summed E-state index contributed by atoms with van der Waals surface area (Å²) in [5.41, 5.74) is 0.847. The molecule has 0 aliphatic carbocycles. The van der Waals surface area contributed by atoms with Crippen molar-refractivity contribution in [3.63, 3.8) is 0 Å². The predicted octanol–water partition coefficient (Wildman–Crippen LogP) is 3.26. The maximum atomic E-state index is 13.1. The number of aryl methyl sites for hydroxylation is 1. The number of thiophene rings is 1. The minimum Gasteiger partial charge on any atom is -0.359 e. The van der Waals surface area contributed by atoms with Gasteiger partial charge >= 0.3 is 0 Å². The van der Waals surface area contributed by atoms with Crippen molar-refractivity contribution in [3.8, 4) is 0 Å². The molecule has 2 aliphatic rings. The maximum absolute atomic E-state index is 13.1. The molecule has 2 fully saturated rings. The number of aromatic nitrogens is 1. The van der Waals surface area contributed by atoms with E-state index in [4.69, 9.17) is 4.52 Å². The third-order valence-corrected chi connectivity index (χ3v) is 6.23. The van der Waals surface area contributed by atoms with E-state index in [0.29, 0.717) is 13.1 Å². The fraction of sp³-hybridized carbons (Fsp3) is 0.526. The summed E-state index contributed by atoms with van der Waals surface area (Å²) in [4.78, 5) is 30.1. The zero-order valence-corrected chi connectivity index (χ0v) is 15.7. The fourth-order valence-electron chi connectivity index (χ4n) is 3.99. The number of nitrogens with zero attached hydrogens (tertiary/aromatic N) is 3. The third kappa shape index (κ3) is 3.28. The Balaban J connectivity index is 1.38. The van der Waals surface area contributed by atoms with Crippen LogP contribution in [0, 0.1) is 12.8 Å². The first kappa shape index (κ1) is 17.3. The topological polar surface area (TPSA) is 66.7 Å². The van der Waals surface area contributed by atoms with Crippen molar-refractivity contribution in [1.29, 1.82) is 0 Å². The molecule has 2 aliphatic heterocycles. The maximum Gasteiger partial charge on any atom is 0.263 e. The second-order valence-corrected chi connectivity index (χ2v) is 8.05. The van der Waals surface area contributed by atoms with Gasteiger partial charge in [0, 0.05) is 31.6 Å². The van der Waals surface area contributed by atoms with Gasteiger partial charge in [0.25, 0.3) is 5.91 Å². The number of carbonyl (C=O) groups excluding carboxylic acids is 2. The molecule has 138 valence electrons. The van der Waals surface area contributed by atoms with Crippen molar-refractivity contribution in [3.05, 3.63) is 39.9 Å². The Hall–Kier alpha value is -2.15. The first-order chi connectivity index (χ1) is 12.6. The summed E-state index contributed by atoms with van der Waals surface area (Å²) in [6.07, 6.45) is 3.38. The molecule has 2 amide bonds. The smallest absolute Gasteiger partial charge is 0.263 e. The van der Waals surface area contributed by atoms with Crippen molar-refractivity contribution < 1.29 is 14.1 Å². The number of hydrogen-bond donors (Lipinski definition) is 0. The van der Waals surface area contributed by atoms with Crippen LogP contribution in [0.4, 0.5) is 0 Å². The molecule has 1 atom stereocenters. The van der Waals surface area contributed by atoms with Crippen LogP contribution in [0.25, 0.3) is 0 Å². The minimum absolute atomic E-state index is 0.00740. The molecule has 4 rings (SSSR count). The van der Waals surface area contributed by atoms with Gasteiger partial charge in [-0.25, -0.2) is 0 Å². The number of carbonyl (C=O) groups is 2. The standard InChI is InChI=1S/C19H23N3O3S/c1-13-12-16(25-20-13)15-4-2-8-22(15)18(23)14-6-9-21(10-7-14)19(24)17-5-3-11-26-17/h3,5,11-12,14-15H,2,4,6-10H2,1H3/t15-/m1/s1. The number of amides is 2. The van der Waals surface area contributed by atoms with Gasteiger partial charge < -0.3 is 14.3 Å². The van der Waals surface area contributed by atoms with E-state index in [9.17, 15) is 9.59 Å². The molecule has 0 spiro atoms. The van der Waals surface area contributed by atoms with Gasteiger partial charge in [0.1, 0.15) is 0 Å². The van der Waals surface area contributed by atoms with Gasteiger partial charge in [-0.15, -0.1) is 11.3 Å². The summed E-state index contributed by atoms with van der Waals surface area (Å²) in [5, 5.41) is 5.88. The highest BCUT2D eigenvalue weighted by molar-refractivity contribution is 7.12. The number of piperidine rings is 1. The van der Waals surface area contributed by atoms with Crippen LogP contribution in [0.1, 0.15) is 52.9 Å². The van der Waals surface area contributed by atoms with Gasteiger partial charge in [-0.2, -0.15) is 0 Å². The summed E-state index contributed by atoms with van der Waals surface area (Å²) >= 11 is 1.47. The zero-order chi connectivity index (χ0) is 18.1. The predicted molar refractivity (Wildman–Crippen MR) is 97.9 cm³/mol. The lowest BCUT2D eigenvalue weighted by Crippen LogP contribution is -2.44. The largest absolute Gasteiger partial charge is 0.359 e. The summed E-state index contributed by atoms with van der Waals surface area (Å²) < 4.78 is 5.41. The van der Waals surface area contributed by atoms with Crippen molar-refractivity contribution >= 4 is 23.2 Å². The Morgan fingerprint density at radius 1 is 1.23 bits per heavy atom. The molecule has 6 nitrogen and oxygen atoms in total. The average Bonchev–Trinajstić information content (AvgIpc) is 3.41. The van der Waals surface area contributed by atoms with Gasteiger partial charge in [0.15, 0.2) is 5.76 Å². The highest BCUT2D eigenvalue weighted by Crippen LogP contribution is 2.35. The van der Waals surface area contributed by atoms with Crippen molar-refractivity contribution in [2.75, 3.05) is 19.6 Å². The average molecular weight is 373 g/mol. The quantitative estimate of drug-likeness (QED) is 0.828. The van der Waals surface area contributed by atoms with Gasteiger partial charge in [0.2, 0.25) is 5.91 Å². The van der Waals surface area contributed by atoms with E-state index >= 15 is 0 Å². The Morgan fingerprint density at radius 3 is 2.69 bits per heavy atom. The van der Waals surface area contributed by atoms with Crippen molar-refractivity contribution in [1.82, 2.24) is 15.0 Å². The van der Waals surface area contributed by atoms with E-state index < -0.39 is 0 Å². The number of hydrogen-bond acceptors (Lipinski definition) is 5. The molecule has 0 saturated carbocycles. The third-order valence-electron chi connectivity index (χ3n) is 5.37. The number of likely N-dealkylation sites (tertiary alicyclic amines) is 2. The zero-order valence-electron chi connectivity index (χ0n) is 14.9. The van der Waals surface area contributed by atoms with Crippen LogP contribution in [0.3, 0.4) is 0 Å². The monoisotopic (exact) mass is 373 g/mol. The molecule has 0 aromatic carbocycles. The molecule has 2 saturated heterocycles. The lowest BCUT2D eigenvalue weighted by atomic mass is 9.94. The summed E-state index contributed by atoms with van der Waals surface area (Å²) in [7, 11) is 0. The van der Waals surface area contributed by atoms with Crippen molar-refractivity contribution in [2.24, 2.45) is 5.92 Å². The van der Waals surface area contributed by atoms with Gasteiger partial charge in [-0.1, -0.05) is 11.2 Å². The molecular weight excluding hydrogens is 350 g/mol. The molecule has 0 bridgehead atoms. The Bertz CT molecular complexity index is 778. The second kappa shape index (κ2) is 7.23. The lowest BCUT2D eigenvalue weighted by Gasteiger charge is -2.34. The van der Waals surface area contributed by atoms with Crippen LogP contribution in [-0.4, -0.2) is 46.4 Å². The molecule has 2 aromatic heterocycles. The molecule has 2 aromatic rings. The van der Waals surface area contributed by atoms with E-state index in [2.05, 4.69) is 5.16 Å². The Morgan fingerprint density at radius 2 is 2.04 bits per heavy atom. The summed E-state index contributed by atoms with van der Waals surface area (Å²) in [6.45, 7) is 3.96. The van der Waals surface area contributed by atoms with E-state index in [1.54, 1.807) is 0 Å². The summed E-state index contributed by atoms with van der Waals surface area (Å²) in [5.74, 6) is 1.07. The normalized spacial score (nSPS) is 21.3. The van der Waals surface area contributed by atoms with Gasteiger partial charge in [-0.3, -0.25) is 9.59 Å². The van der Waals surface area contributed by atoms with Crippen LogP contribution in [-0.2, 0) is 4.79 Å². The van der Waals surface area contributed by atoms with Gasteiger partial charge in [-0.05, 0) is 44.1 Å². The minimum atomic E-state index is -0.00740. The molecular formula is C19H23N3O3S. The highest BCUT2D eigenvalue weighted by atomic mass is 32.1. The summed E-state index contributed by atoms with van der Waals surface area (Å²) in [6, 6.07) is 5.69. The van der Waals surface area contributed by atoms with Crippen LogP contribution < -0.4 is 0 Å². The van der Waals surface area contributed by atoms with Crippen LogP contribution in [0.5, 0.6) is 0 Å². The molecule has 0 N–H and O–H groups in total. The molecule has 26 heavy (non-hydrogen) atoms. The van der Waals surface area contributed by atoms with E-state index in [0.717, 1.165) is 48.6 Å². The second-order valence-electron chi connectivity index (χ2n) is 7.10. The van der Waals surface area contributed by atoms with Crippen LogP contribution in [0.15, 0.2) is 28.1 Å². The molecule has 4 heterocycles. The van der Waals surface area contributed by atoms with Gasteiger partial charge in [0.05, 0.1) is 16.6 Å².